The summed E-state index contributed by atoms with van der Waals surface area (Å²) >= 11 is 6.24. The summed E-state index contributed by atoms with van der Waals surface area (Å²) in [4.78, 5) is 6.99. The molecule has 0 aliphatic heterocycles. The van der Waals surface area contributed by atoms with Gasteiger partial charge in [0.1, 0.15) is 5.01 Å². The fraction of sp³-hybridized carbons (Fsp3) is 0.0714. The molecule has 17 heavy (non-hydrogen) atoms. The van der Waals surface area contributed by atoms with Gasteiger partial charge < -0.3 is 0 Å². The first-order chi connectivity index (χ1) is 8.34. The number of benzene rings is 1. The summed E-state index contributed by atoms with van der Waals surface area (Å²) in [6.07, 6.45) is 9.31. The lowest BCUT2D eigenvalue weighted by atomic mass is 10.2. The summed E-state index contributed by atoms with van der Waals surface area (Å²) in [7, 11) is 0. The van der Waals surface area contributed by atoms with Crippen LogP contribution in [0.15, 0.2) is 47.4 Å². The molecule has 1 nitrogen and oxygen atoms in total. The van der Waals surface area contributed by atoms with Crippen LogP contribution in [0.3, 0.4) is 0 Å². The van der Waals surface area contributed by atoms with Gasteiger partial charge in [-0.1, -0.05) is 36.4 Å². The first-order valence-corrected chi connectivity index (χ1v) is 6.72. The van der Waals surface area contributed by atoms with E-state index in [1.165, 1.54) is 4.88 Å². The van der Waals surface area contributed by atoms with E-state index in [4.69, 9.17) is 0 Å². The molecule has 1 aliphatic rings. The first kappa shape index (κ1) is 10.8. The van der Waals surface area contributed by atoms with E-state index in [0.29, 0.717) is 0 Å². The van der Waals surface area contributed by atoms with Crippen molar-refractivity contribution >= 4 is 30.0 Å². The minimum Gasteiger partial charge on any atom is -0.236 e. The van der Waals surface area contributed by atoms with Crippen LogP contribution in [0.4, 0.5) is 0 Å². The van der Waals surface area contributed by atoms with E-state index in [9.17, 15) is 0 Å². The zero-order chi connectivity index (χ0) is 11.7. The molecule has 0 bridgehead atoms. The van der Waals surface area contributed by atoms with Gasteiger partial charge in [-0.05, 0) is 12.1 Å². The third-order valence-corrected chi connectivity index (χ3v) is 4.18. The molecular weight excluding hydrogens is 246 g/mol. The molecule has 0 spiro atoms. The minimum atomic E-state index is 0.967. The SMILES string of the molecule is Sc1ccccc1-c1nc2c(s1)CC=CC=C2. The van der Waals surface area contributed by atoms with E-state index in [0.717, 1.165) is 27.6 Å². The predicted octanol–water partition coefficient (Wildman–Crippen LogP) is 4.22. The lowest BCUT2D eigenvalue weighted by Crippen LogP contribution is -1.80. The Labute approximate surface area is 110 Å². The van der Waals surface area contributed by atoms with Crippen LogP contribution in [0, 0.1) is 0 Å². The minimum absolute atomic E-state index is 0.967. The largest absolute Gasteiger partial charge is 0.236 e. The highest BCUT2D eigenvalue weighted by Gasteiger charge is 2.12. The van der Waals surface area contributed by atoms with Crippen molar-refractivity contribution in [2.45, 2.75) is 11.3 Å². The van der Waals surface area contributed by atoms with Crippen LogP contribution in [0.5, 0.6) is 0 Å². The average Bonchev–Trinajstić information content (AvgIpc) is 2.61. The van der Waals surface area contributed by atoms with Gasteiger partial charge in [-0.25, -0.2) is 4.98 Å². The van der Waals surface area contributed by atoms with Crippen LogP contribution in [-0.4, -0.2) is 4.98 Å². The Morgan fingerprint density at radius 3 is 2.94 bits per heavy atom. The van der Waals surface area contributed by atoms with Gasteiger partial charge in [-0.3, -0.25) is 0 Å². The predicted molar refractivity (Wildman–Crippen MR) is 76.7 cm³/mol. The highest BCUT2D eigenvalue weighted by molar-refractivity contribution is 7.80. The molecule has 1 aromatic heterocycles. The monoisotopic (exact) mass is 257 g/mol. The number of thiol groups is 1. The standard InChI is InChI=1S/C14H11NS2/c16-12-8-5-4-6-10(12)14-15-11-7-2-1-3-9-13(11)17-14/h1-8,16H,9H2. The molecule has 84 valence electrons. The molecule has 1 aromatic carbocycles. The maximum Gasteiger partial charge on any atom is 0.125 e. The quantitative estimate of drug-likeness (QED) is 0.755. The van der Waals surface area contributed by atoms with Gasteiger partial charge >= 0.3 is 0 Å². The van der Waals surface area contributed by atoms with E-state index in [1.807, 2.05) is 24.3 Å². The third-order valence-electron chi connectivity index (χ3n) is 2.67. The van der Waals surface area contributed by atoms with E-state index < -0.39 is 0 Å². The summed E-state index contributed by atoms with van der Waals surface area (Å²) in [6.45, 7) is 0. The highest BCUT2D eigenvalue weighted by Crippen LogP contribution is 2.33. The number of hydrogen-bond acceptors (Lipinski definition) is 3. The van der Waals surface area contributed by atoms with Crippen molar-refractivity contribution in [3.63, 3.8) is 0 Å². The van der Waals surface area contributed by atoms with Crippen molar-refractivity contribution < 1.29 is 0 Å². The molecule has 0 fully saturated rings. The number of rotatable bonds is 1. The smallest absolute Gasteiger partial charge is 0.125 e. The van der Waals surface area contributed by atoms with Crippen molar-refractivity contribution in [1.29, 1.82) is 0 Å². The molecule has 3 heteroatoms. The van der Waals surface area contributed by atoms with Gasteiger partial charge in [-0.2, -0.15) is 0 Å². The summed E-state index contributed by atoms with van der Waals surface area (Å²) in [5.41, 5.74) is 2.21. The van der Waals surface area contributed by atoms with Crippen LogP contribution >= 0.6 is 24.0 Å². The zero-order valence-electron chi connectivity index (χ0n) is 9.13. The Morgan fingerprint density at radius 2 is 2.06 bits per heavy atom. The Balaban J connectivity index is 2.09. The Kier molecular flexibility index (Phi) is 2.87. The highest BCUT2D eigenvalue weighted by atomic mass is 32.1. The number of aromatic nitrogens is 1. The van der Waals surface area contributed by atoms with E-state index >= 15 is 0 Å². The average molecular weight is 257 g/mol. The fourth-order valence-corrected chi connectivity index (χ4v) is 3.22. The molecule has 3 rings (SSSR count). The normalized spacial score (nSPS) is 13.5. The van der Waals surface area contributed by atoms with E-state index in [-0.39, 0.29) is 0 Å². The Morgan fingerprint density at radius 1 is 1.18 bits per heavy atom. The third kappa shape index (κ3) is 2.08. The van der Waals surface area contributed by atoms with Gasteiger partial charge in [0, 0.05) is 21.8 Å². The fourth-order valence-electron chi connectivity index (χ4n) is 1.81. The molecule has 0 radical (unpaired) electrons. The summed E-state index contributed by atoms with van der Waals surface area (Å²) in [6, 6.07) is 8.09. The molecule has 1 aliphatic carbocycles. The second-order valence-electron chi connectivity index (χ2n) is 3.84. The molecule has 0 unspecified atom stereocenters. The van der Waals surface area contributed by atoms with Gasteiger partial charge in [0.15, 0.2) is 0 Å². The zero-order valence-corrected chi connectivity index (χ0v) is 10.8. The van der Waals surface area contributed by atoms with Crippen LogP contribution in [-0.2, 0) is 6.42 Å². The molecule has 0 saturated carbocycles. The number of allylic oxidation sites excluding steroid dienone is 3. The second-order valence-corrected chi connectivity index (χ2v) is 5.40. The number of thiazole rings is 1. The van der Waals surface area contributed by atoms with Crippen molar-refractivity contribution in [2.24, 2.45) is 0 Å². The molecule has 0 saturated heterocycles. The number of fused-ring (bicyclic) bond motifs is 1. The molecular formula is C14H11NS2. The van der Waals surface area contributed by atoms with Crippen molar-refractivity contribution in [3.05, 3.63) is 53.1 Å². The second kappa shape index (κ2) is 4.51. The number of hydrogen-bond donors (Lipinski definition) is 1. The van der Waals surface area contributed by atoms with Crippen LogP contribution in [0.1, 0.15) is 10.6 Å². The Hall–Kier alpha value is -1.32. The van der Waals surface area contributed by atoms with Crippen LogP contribution in [0.2, 0.25) is 0 Å². The summed E-state index contributed by atoms with van der Waals surface area (Å²) < 4.78 is 0. The van der Waals surface area contributed by atoms with Crippen LogP contribution in [0.25, 0.3) is 16.6 Å². The molecule has 2 aromatic rings. The van der Waals surface area contributed by atoms with Crippen LogP contribution < -0.4 is 0 Å². The molecule has 1 heterocycles. The maximum absolute atomic E-state index is 4.68. The van der Waals surface area contributed by atoms with Gasteiger partial charge in [0.05, 0.1) is 5.69 Å². The van der Waals surface area contributed by atoms with E-state index in [2.05, 4.69) is 41.9 Å². The lowest BCUT2D eigenvalue weighted by molar-refractivity contribution is 1.27. The lowest BCUT2D eigenvalue weighted by Gasteiger charge is -1.99. The van der Waals surface area contributed by atoms with Crippen molar-refractivity contribution in [2.75, 3.05) is 0 Å². The summed E-state index contributed by atoms with van der Waals surface area (Å²) in [5.74, 6) is 0. The van der Waals surface area contributed by atoms with Crippen molar-refractivity contribution in [3.8, 4) is 10.6 Å². The molecule has 0 amide bonds. The van der Waals surface area contributed by atoms with E-state index in [1.54, 1.807) is 11.3 Å². The maximum atomic E-state index is 4.68. The molecule has 0 atom stereocenters. The van der Waals surface area contributed by atoms with Gasteiger partial charge in [0.25, 0.3) is 0 Å². The summed E-state index contributed by atoms with van der Waals surface area (Å²) in [5, 5.41) is 1.06. The van der Waals surface area contributed by atoms with Crippen molar-refractivity contribution in [1.82, 2.24) is 4.98 Å². The molecule has 0 N–H and O–H groups in total. The Bertz CT molecular complexity index is 608. The number of nitrogens with zero attached hydrogens (tertiary/aromatic N) is 1. The van der Waals surface area contributed by atoms with Gasteiger partial charge in [-0.15, -0.1) is 24.0 Å². The topological polar surface area (TPSA) is 12.9 Å². The first-order valence-electron chi connectivity index (χ1n) is 5.46. The van der Waals surface area contributed by atoms with Gasteiger partial charge in [0.2, 0.25) is 0 Å².